The summed E-state index contributed by atoms with van der Waals surface area (Å²) in [5, 5.41) is 9.96. The van der Waals surface area contributed by atoms with Crippen molar-refractivity contribution in [2.24, 2.45) is 0 Å². The highest BCUT2D eigenvalue weighted by molar-refractivity contribution is 5.96. The van der Waals surface area contributed by atoms with E-state index >= 15 is 0 Å². The van der Waals surface area contributed by atoms with Crippen LogP contribution in [0.5, 0.6) is 0 Å². The van der Waals surface area contributed by atoms with E-state index < -0.39 is 5.41 Å². The lowest BCUT2D eigenvalue weighted by molar-refractivity contribution is 0.753. The molecule has 0 amide bonds. The molecule has 0 atom stereocenters. The van der Waals surface area contributed by atoms with Crippen molar-refractivity contribution in [2.75, 3.05) is 4.90 Å². The van der Waals surface area contributed by atoms with E-state index in [1.165, 1.54) is 5.56 Å². The summed E-state index contributed by atoms with van der Waals surface area (Å²) < 4.78 is 0. The molecule has 0 N–H and O–H groups in total. The maximum absolute atomic E-state index is 9.96. The fourth-order valence-electron chi connectivity index (χ4n) is 7.76. The maximum atomic E-state index is 9.96. The summed E-state index contributed by atoms with van der Waals surface area (Å²) in [6.07, 6.45) is 6.97. The summed E-state index contributed by atoms with van der Waals surface area (Å²) in [7, 11) is 0. The van der Waals surface area contributed by atoms with Gasteiger partial charge in [0.2, 0.25) is 0 Å². The molecule has 3 heteroatoms. The number of allylic oxidation sites excluding steroid dienone is 2. The number of anilines is 3. The molecule has 56 heavy (non-hydrogen) atoms. The quantitative estimate of drug-likeness (QED) is 0.131. The molecule has 266 valence electrons. The number of hydrogen-bond acceptors (Lipinski definition) is 2. The van der Waals surface area contributed by atoms with Gasteiger partial charge in [0.15, 0.2) is 5.69 Å². The van der Waals surface area contributed by atoms with Crippen molar-refractivity contribution in [1.82, 2.24) is 0 Å². The van der Waals surface area contributed by atoms with Crippen LogP contribution in [0.15, 0.2) is 202 Å². The van der Waals surface area contributed by atoms with Crippen LogP contribution in [0.1, 0.15) is 38.9 Å². The largest absolute Gasteiger partial charge is 0.310 e. The number of nitrogens with zero attached hydrogens (tertiary/aromatic N) is 3. The second-order valence-electron chi connectivity index (χ2n) is 13.3. The average molecular weight is 718 g/mol. The van der Waals surface area contributed by atoms with Crippen molar-refractivity contribution in [3.63, 3.8) is 0 Å². The summed E-state index contributed by atoms with van der Waals surface area (Å²) >= 11 is 0. The molecule has 1 aliphatic carbocycles. The maximum Gasteiger partial charge on any atom is 0.187 e. The molecule has 1 spiro atoms. The van der Waals surface area contributed by atoms with Crippen LogP contribution in [0.2, 0.25) is 0 Å². The second kappa shape index (κ2) is 16.1. The molecular weight excluding hydrogens is 679 g/mol. The Kier molecular flexibility index (Phi) is 10.5. The molecule has 0 saturated heterocycles. The van der Waals surface area contributed by atoms with Gasteiger partial charge in [0.05, 0.1) is 35.0 Å². The minimum Gasteiger partial charge on any atom is -0.310 e. The van der Waals surface area contributed by atoms with Gasteiger partial charge in [-0.15, -0.1) is 0 Å². The minimum atomic E-state index is -0.686. The lowest BCUT2D eigenvalue weighted by Crippen LogP contribution is -2.36. The zero-order valence-electron chi connectivity index (χ0n) is 31.1. The van der Waals surface area contributed by atoms with E-state index in [2.05, 4.69) is 151 Å². The molecule has 1 heterocycles. The fourth-order valence-corrected chi connectivity index (χ4v) is 7.76. The first-order valence-electron chi connectivity index (χ1n) is 18.3. The Labute approximate surface area is 330 Å². The van der Waals surface area contributed by atoms with Gasteiger partial charge in [0.1, 0.15) is 0 Å². The molecule has 0 unspecified atom stereocenters. The van der Waals surface area contributed by atoms with Crippen LogP contribution in [-0.2, 0) is 5.41 Å². The Balaban J connectivity index is 0.000000347. The highest BCUT2D eigenvalue weighted by Crippen LogP contribution is 2.63. The highest BCUT2D eigenvalue weighted by atomic mass is 15.2. The summed E-state index contributed by atoms with van der Waals surface area (Å²) in [6.45, 7) is 22.1. The summed E-state index contributed by atoms with van der Waals surface area (Å²) in [4.78, 5) is 6.16. The van der Waals surface area contributed by atoms with Gasteiger partial charge < -0.3 is 4.90 Å². The summed E-state index contributed by atoms with van der Waals surface area (Å²) in [6, 6.07) is 58.7. The fraction of sp³-hybridized carbons (Fsp3) is 0.0189. The summed E-state index contributed by atoms with van der Waals surface area (Å²) in [5.41, 5.74) is 14.9. The van der Waals surface area contributed by atoms with Crippen LogP contribution in [-0.4, -0.2) is 0 Å². The summed E-state index contributed by atoms with van der Waals surface area (Å²) in [5.74, 6) is 0. The standard InChI is InChI=1S/C41H25N3.C8H8.C4H6/c1-3-27-12-15-29(16-13-27)30-17-20-32(21-18-30)44-39-10-6-4-8-35(39)41(36-9-5-7-11-40(36)44)37-24-28(26-42)14-22-33(37)34-23-19-31(43-2)25-38(34)41;1-2-8-6-4-3-5-7-8;1-3-4-2/h3-25H,1H2;2-7H,1H2;3-4H,1-2H2. The smallest absolute Gasteiger partial charge is 0.187 e. The van der Waals surface area contributed by atoms with Crippen LogP contribution >= 0.6 is 0 Å². The monoisotopic (exact) mass is 717 g/mol. The number of benzene rings is 7. The van der Waals surface area contributed by atoms with Crippen LogP contribution in [0.3, 0.4) is 0 Å². The van der Waals surface area contributed by atoms with Gasteiger partial charge in [0.25, 0.3) is 0 Å². The van der Waals surface area contributed by atoms with Gasteiger partial charge in [-0.1, -0.05) is 178 Å². The molecule has 7 aromatic rings. The molecule has 0 radical (unpaired) electrons. The van der Waals surface area contributed by atoms with E-state index in [4.69, 9.17) is 6.57 Å². The Morgan fingerprint density at radius 1 is 0.536 bits per heavy atom. The normalized spacial score (nSPS) is 11.9. The van der Waals surface area contributed by atoms with Crippen molar-refractivity contribution >= 4 is 34.9 Å². The molecular formula is C53H39N3. The number of fused-ring (bicyclic) bond motifs is 9. The third-order valence-corrected chi connectivity index (χ3v) is 10.3. The van der Waals surface area contributed by atoms with E-state index in [0.29, 0.717) is 11.3 Å². The number of para-hydroxylation sites is 2. The van der Waals surface area contributed by atoms with Gasteiger partial charge in [-0.3, -0.25) is 0 Å². The topological polar surface area (TPSA) is 31.4 Å². The van der Waals surface area contributed by atoms with Crippen molar-refractivity contribution in [3.8, 4) is 28.3 Å². The zero-order chi connectivity index (χ0) is 39.1. The predicted molar refractivity (Wildman–Crippen MR) is 235 cm³/mol. The Hall–Kier alpha value is -7.72. The van der Waals surface area contributed by atoms with E-state index in [0.717, 1.165) is 67.1 Å². The van der Waals surface area contributed by atoms with E-state index in [1.54, 1.807) is 12.2 Å². The molecule has 7 aromatic carbocycles. The first-order valence-corrected chi connectivity index (χ1v) is 18.3. The second-order valence-corrected chi connectivity index (χ2v) is 13.3. The van der Waals surface area contributed by atoms with Crippen molar-refractivity contribution in [3.05, 3.63) is 253 Å². The molecule has 9 rings (SSSR count). The third kappa shape index (κ3) is 6.45. The van der Waals surface area contributed by atoms with Crippen LogP contribution < -0.4 is 4.90 Å². The molecule has 0 bridgehead atoms. The Morgan fingerprint density at radius 2 is 1.04 bits per heavy atom. The molecule has 0 fully saturated rings. The average Bonchev–Trinajstić information content (AvgIpc) is 3.56. The van der Waals surface area contributed by atoms with Crippen LogP contribution in [0.4, 0.5) is 22.7 Å². The predicted octanol–water partition coefficient (Wildman–Crippen LogP) is 14.3. The van der Waals surface area contributed by atoms with Crippen LogP contribution in [0.25, 0.3) is 39.3 Å². The van der Waals surface area contributed by atoms with Gasteiger partial charge in [0, 0.05) is 5.69 Å². The van der Waals surface area contributed by atoms with Gasteiger partial charge >= 0.3 is 0 Å². The van der Waals surface area contributed by atoms with Gasteiger partial charge in [-0.05, 0) is 92.0 Å². The molecule has 3 nitrogen and oxygen atoms in total. The van der Waals surface area contributed by atoms with Gasteiger partial charge in [-0.2, -0.15) is 5.26 Å². The Bertz CT molecular complexity index is 2550. The lowest BCUT2D eigenvalue weighted by Gasteiger charge is -2.45. The molecule has 0 aromatic heterocycles. The van der Waals surface area contributed by atoms with Gasteiger partial charge in [-0.25, -0.2) is 4.85 Å². The third-order valence-electron chi connectivity index (χ3n) is 10.3. The minimum absolute atomic E-state index is 0.602. The first-order chi connectivity index (χ1) is 27.5. The SMILES string of the molecule is C=CC=C.C=Cc1ccccc1.[C-]#[N+]c1ccc2c(c1)C1(c3cc(C#N)ccc3-2)c2ccccc2N(c2ccc(-c3ccc(C=C)cc3)cc2)c2ccccc21. The van der Waals surface area contributed by atoms with Crippen molar-refractivity contribution < 1.29 is 0 Å². The van der Waals surface area contributed by atoms with E-state index in [1.807, 2.05) is 66.7 Å². The Morgan fingerprint density at radius 3 is 1.55 bits per heavy atom. The lowest BCUT2D eigenvalue weighted by atomic mass is 9.64. The molecule has 2 aliphatic rings. The number of nitriles is 1. The first kappa shape index (κ1) is 36.6. The van der Waals surface area contributed by atoms with Crippen molar-refractivity contribution in [2.45, 2.75) is 5.41 Å². The highest BCUT2D eigenvalue weighted by Gasteiger charge is 2.51. The number of rotatable bonds is 5. The van der Waals surface area contributed by atoms with Crippen LogP contribution in [0, 0.1) is 17.9 Å². The molecule has 0 saturated carbocycles. The van der Waals surface area contributed by atoms with E-state index in [-0.39, 0.29) is 0 Å². The zero-order valence-corrected chi connectivity index (χ0v) is 31.1. The van der Waals surface area contributed by atoms with Crippen molar-refractivity contribution in [1.29, 1.82) is 5.26 Å². The number of hydrogen-bond donors (Lipinski definition) is 0. The molecule has 1 aliphatic heterocycles. The van der Waals surface area contributed by atoms with E-state index in [9.17, 15) is 5.26 Å².